The average Bonchev–Trinajstić information content (AvgIpc) is 2.81. The van der Waals surface area contributed by atoms with Gasteiger partial charge in [0.15, 0.2) is 0 Å². The van der Waals surface area contributed by atoms with Crippen LogP contribution < -0.4 is 0 Å². The Bertz CT molecular complexity index is 749. The van der Waals surface area contributed by atoms with E-state index < -0.39 is 0 Å². The molecule has 0 saturated heterocycles. The molecule has 0 bridgehead atoms. The molecule has 0 aliphatic carbocycles. The van der Waals surface area contributed by atoms with Crippen molar-refractivity contribution in [2.75, 3.05) is 0 Å². The number of rotatable bonds is 3. The van der Waals surface area contributed by atoms with Crippen LogP contribution in [0.2, 0.25) is 0 Å². The van der Waals surface area contributed by atoms with Gasteiger partial charge in [-0.25, -0.2) is 0 Å². The minimum absolute atomic E-state index is 0.703. The zero-order valence-electron chi connectivity index (χ0n) is 10.1. The molecule has 0 N–H and O–H groups in total. The van der Waals surface area contributed by atoms with Crippen molar-refractivity contribution in [3.8, 4) is 0 Å². The number of benzene rings is 1. The van der Waals surface area contributed by atoms with Gasteiger partial charge in [-0.1, -0.05) is 0 Å². The third-order valence-electron chi connectivity index (χ3n) is 3.05. The van der Waals surface area contributed by atoms with Crippen LogP contribution in [0.25, 0.3) is 10.9 Å². The topological polar surface area (TPSA) is 34.9 Å². The van der Waals surface area contributed by atoms with Crippen LogP contribution in [-0.2, 0) is 6.54 Å². The van der Waals surface area contributed by atoms with Gasteiger partial charge in [0.1, 0.15) is 6.29 Å². The Hall–Kier alpha value is -1.94. The second-order valence-corrected chi connectivity index (χ2v) is 5.31. The Labute approximate surface area is 119 Å². The summed E-state index contributed by atoms with van der Waals surface area (Å²) in [6, 6.07) is 9.79. The fourth-order valence-corrected chi connectivity index (χ4v) is 2.58. The molecule has 0 saturated carbocycles. The van der Waals surface area contributed by atoms with Gasteiger partial charge in [0.25, 0.3) is 0 Å². The molecule has 0 radical (unpaired) electrons. The van der Waals surface area contributed by atoms with E-state index >= 15 is 0 Å². The third kappa shape index (κ3) is 2.44. The third-order valence-corrected chi connectivity index (χ3v) is 3.48. The van der Waals surface area contributed by atoms with Gasteiger partial charge in [0, 0.05) is 46.1 Å². The number of carbonyl (C=O) groups is 1. The van der Waals surface area contributed by atoms with Crippen LogP contribution in [0.15, 0.2) is 53.4 Å². The summed E-state index contributed by atoms with van der Waals surface area (Å²) in [5.41, 5.74) is 2.95. The second-order valence-electron chi connectivity index (χ2n) is 4.39. The molecule has 3 rings (SSSR count). The zero-order valence-corrected chi connectivity index (χ0v) is 11.7. The Balaban J connectivity index is 1.99. The van der Waals surface area contributed by atoms with Crippen LogP contribution in [0, 0.1) is 0 Å². The van der Waals surface area contributed by atoms with E-state index in [-0.39, 0.29) is 0 Å². The molecule has 0 fully saturated rings. The normalized spacial score (nSPS) is 10.8. The van der Waals surface area contributed by atoms with E-state index in [1.807, 2.05) is 36.7 Å². The minimum Gasteiger partial charge on any atom is -0.343 e. The molecule has 0 aliphatic heterocycles. The number of fused-ring (bicyclic) bond motifs is 1. The number of carbonyl (C=O) groups excluding carboxylic acids is 1. The molecule has 0 unspecified atom stereocenters. The molecule has 0 spiro atoms. The molecule has 0 atom stereocenters. The molecule has 4 heteroatoms. The lowest BCUT2D eigenvalue weighted by molar-refractivity contribution is 0.112. The Morgan fingerprint density at radius 1 is 1.21 bits per heavy atom. The van der Waals surface area contributed by atoms with Crippen molar-refractivity contribution in [3.63, 3.8) is 0 Å². The first-order valence-corrected chi connectivity index (χ1v) is 6.69. The summed E-state index contributed by atoms with van der Waals surface area (Å²) in [4.78, 5) is 14.9. The molecule has 1 aromatic carbocycles. The molecular weight excluding hydrogens is 304 g/mol. The lowest BCUT2D eigenvalue weighted by Gasteiger charge is -2.06. The molecule has 0 aliphatic rings. The highest BCUT2D eigenvalue weighted by molar-refractivity contribution is 9.10. The van der Waals surface area contributed by atoms with E-state index in [0.29, 0.717) is 5.56 Å². The molecule has 94 valence electrons. The minimum atomic E-state index is 0.703. The van der Waals surface area contributed by atoms with Crippen molar-refractivity contribution in [1.82, 2.24) is 9.55 Å². The monoisotopic (exact) mass is 314 g/mol. The van der Waals surface area contributed by atoms with Gasteiger partial charge in [-0.2, -0.15) is 0 Å². The van der Waals surface area contributed by atoms with Gasteiger partial charge in [0.05, 0.1) is 0 Å². The number of nitrogens with zero attached hydrogens (tertiary/aromatic N) is 2. The van der Waals surface area contributed by atoms with E-state index in [0.717, 1.165) is 33.8 Å². The van der Waals surface area contributed by atoms with Crippen LogP contribution >= 0.6 is 15.9 Å². The molecular formula is C15H11BrN2O. The number of hydrogen-bond acceptors (Lipinski definition) is 2. The molecule has 0 amide bonds. The quantitative estimate of drug-likeness (QED) is 0.691. The van der Waals surface area contributed by atoms with Crippen LogP contribution in [-0.4, -0.2) is 15.8 Å². The van der Waals surface area contributed by atoms with E-state index in [1.54, 1.807) is 6.20 Å². The van der Waals surface area contributed by atoms with Gasteiger partial charge in [-0.3, -0.25) is 9.78 Å². The van der Waals surface area contributed by atoms with Gasteiger partial charge in [-0.05, 0) is 51.8 Å². The molecule has 3 nitrogen and oxygen atoms in total. The first-order chi connectivity index (χ1) is 9.26. The van der Waals surface area contributed by atoms with Crippen LogP contribution in [0.1, 0.15) is 15.9 Å². The summed E-state index contributed by atoms with van der Waals surface area (Å²) >= 11 is 3.42. The SMILES string of the molecule is O=Cc1ccc2c(ccn2Cc2cncc(Br)c2)c1. The smallest absolute Gasteiger partial charge is 0.150 e. The maximum atomic E-state index is 10.8. The van der Waals surface area contributed by atoms with Gasteiger partial charge in [0.2, 0.25) is 0 Å². The Morgan fingerprint density at radius 2 is 2.11 bits per heavy atom. The highest BCUT2D eigenvalue weighted by Crippen LogP contribution is 2.19. The average molecular weight is 315 g/mol. The second kappa shape index (κ2) is 4.97. The van der Waals surface area contributed by atoms with Crippen molar-refractivity contribution >= 4 is 33.1 Å². The van der Waals surface area contributed by atoms with Crippen LogP contribution in [0.3, 0.4) is 0 Å². The molecule has 2 aromatic heterocycles. The summed E-state index contributed by atoms with van der Waals surface area (Å²) in [6.07, 6.45) is 6.53. The van der Waals surface area contributed by atoms with Crippen LogP contribution in [0.5, 0.6) is 0 Å². The van der Waals surface area contributed by atoms with Crippen molar-refractivity contribution in [1.29, 1.82) is 0 Å². The fourth-order valence-electron chi connectivity index (χ4n) is 2.17. The van der Waals surface area contributed by atoms with E-state index in [4.69, 9.17) is 0 Å². The van der Waals surface area contributed by atoms with Crippen molar-refractivity contribution in [3.05, 3.63) is 64.5 Å². The lowest BCUT2D eigenvalue weighted by Crippen LogP contribution is -1.98. The summed E-state index contributed by atoms with van der Waals surface area (Å²) < 4.78 is 3.12. The number of hydrogen-bond donors (Lipinski definition) is 0. The zero-order chi connectivity index (χ0) is 13.2. The van der Waals surface area contributed by atoms with E-state index in [9.17, 15) is 4.79 Å². The number of aromatic nitrogens is 2. The molecule has 3 aromatic rings. The fraction of sp³-hybridized carbons (Fsp3) is 0.0667. The molecule has 2 heterocycles. The van der Waals surface area contributed by atoms with Gasteiger partial charge in [-0.15, -0.1) is 0 Å². The number of pyridine rings is 1. The van der Waals surface area contributed by atoms with E-state index in [2.05, 4.69) is 31.5 Å². The van der Waals surface area contributed by atoms with Gasteiger partial charge < -0.3 is 4.57 Å². The maximum Gasteiger partial charge on any atom is 0.150 e. The summed E-state index contributed by atoms with van der Waals surface area (Å²) in [6.45, 7) is 0.760. The largest absolute Gasteiger partial charge is 0.343 e. The molecule has 19 heavy (non-hydrogen) atoms. The maximum absolute atomic E-state index is 10.8. The Kier molecular flexibility index (Phi) is 3.17. The highest BCUT2D eigenvalue weighted by Gasteiger charge is 2.03. The van der Waals surface area contributed by atoms with Gasteiger partial charge >= 0.3 is 0 Å². The first kappa shape index (κ1) is 12.1. The first-order valence-electron chi connectivity index (χ1n) is 5.90. The van der Waals surface area contributed by atoms with Crippen LogP contribution in [0.4, 0.5) is 0 Å². The standard InChI is InChI=1S/C15H11BrN2O/c16-14-6-12(7-17-8-14)9-18-4-3-13-5-11(10-19)1-2-15(13)18/h1-8,10H,9H2. The van der Waals surface area contributed by atoms with Crippen molar-refractivity contribution in [2.24, 2.45) is 0 Å². The summed E-state index contributed by atoms with van der Waals surface area (Å²) in [7, 11) is 0. The van der Waals surface area contributed by atoms with Crippen molar-refractivity contribution in [2.45, 2.75) is 6.54 Å². The van der Waals surface area contributed by atoms with Crippen molar-refractivity contribution < 1.29 is 4.79 Å². The lowest BCUT2D eigenvalue weighted by atomic mass is 10.2. The van der Waals surface area contributed by atoms with E-state index in [1.165, 1.54) is 0 Å². The predicted molar refractivity (Wildman–Crippen MR) is 78.4 cm³/mol. The number of halogens is 1. The summed E-state index contributed by atoms with van der Waals surface area (Å²) in [5.74, 6) is 0. The predicted octanol–water partition coefficient (Wildman–Crippen LogP) is 3.66. The summed E-state index contributed by atoms with van der Waals surface area (Å²) in [5, 5.41) is 1.08. The number of aldehydes is 1. The highest BCUT2D eigenvalue weighted by atomic mass is 79.9. The Morgan fingerprint density at radius 3 is 2.89 bits per heavy atom.